The van der Waals surface area contributed by atoms with Gasteiger partial charge in [-0.2, -0.15) is 0 Å². The summed E-state index contributed by atoms with van der Waals surface area (Å²) in [5.41, 5.74) is 1.31. The van der Waals surface area contributed by atoms with Gasteiger partial charge in [0.1, 0.15) is 0 Å². The van der Waals surface area contributed by atoms with Crippen molar-refractivity contribution in [2.45, 2.75) is 26.3 Å². The van der Waals surface area contributed by atoms with E-state index in [2.05, 4.69) is 63.6 Å². The third kappa shape index (κ3) is 3.76. The minimum atomic E-state index is 0.893. The summed E-state index contributed by atoms with van der Waals surface area (Å²) in [6.07, 6.45) is 4.34. The fourth-order valence-corrected chi connectivity index (χ4v) is 2.26. The van der Waals surface area contributed by atoms with E-state index in [0.29, 0.717) is 0 Å². The van der Waals surface area contributed by atoms with Crippen molar-refractivity contribution >= 4 is 16.9 Å². The zero-order valence-electron chi connectivity index (χ0n) is 12.4. The molecule has 0 saturated heterocycles. The Labute approximate surface area is 120 Å². The zero-order chi connectivity index (χ0) is 14.2. The number of aryl methyl sites for hydroxylation is 1. The van der Waals surface area contributed by atoms with E-state index in [1.54, 1.807) is 0 Å². The van der Waals surface area contributed by atoms with Gasteiger partial charge in [-0.3, -0.25) is 4.99 Å². The molecule has 2 N–H and O–H groups in total. The summed E-state index contributed by atoms with van der Waals surface area (Å²) in [4.78, 5) is 4.20. The maximum atomic E-state index is 4.20. The summed E-state index contributed by atoms with van der Waals surface area (Å²) in [5.74, 6) is 0.893. The van der Waals surface area contributed by atoms with Crippen LogP contribution in [-0.4, -0.2) is 30.7 Å². The number of aromatic nitrogens is 1. The zero-order valence-corrected chi connectivity index (χ0v) is 12.4. The third-order valence-electron chi connectivity index (χ3n) is 3.31. The molecule has 0 saturated carbocycles. The van der Waals surface area contributed by atoms with Crippen LogP contribution in [0.4, 0.5) is 0 Å². The number of rotatable bonds is 6. The molecular formula is C16H24N4. The van der Waals surface area contributed by atoms with Gasteiger partial charge in [0, 0.05) is 38.4 Å². The molecule has 0 amide bonds. The van der Waals surface area contributed by atoms with E-state index in [-0.39, 0.29) is 0 Å². The Bertz CT molecular complexity index is 556. The van der Waals surface area contributed by atoms with Gasteiger partial charge in [-0.15, -0.1) is 0 Å². The van der Waals surface area contributed by atoms with E-state index >= 15 is 0 Å². The standard InChI is InChI=1S/C16H24N4/c1-3-10-18-16(17-2)19-11-6-12-20-13-9-14-7-4-5-8-15(14)20/h4-5,7-9,13H,3,6,10-12H2,1-2H3,(H2,17,18,19). The number of hydrogen-bond acceptors (Lipinski definition) is 1. The van der Waals surface area contributed by atoms with E-state index in [1.807, 2.05) is 7.05 Å². The molecule has 4 heteroatoms. The number of aliphatic imine (C=N–C) groups is 1. The Morgan fingerprint density at radius 3 is 2.75 bits per heavy atom. The Kier molecular flexibility index (Phi) is 5.47. The van der Waals surface area contributed by atoms with Crippen molar-refractivity contribution in [2.24, 2.45) is 4.99 Å². The molecule has 1 heterocycles. The molecule has 0 aliphatic heterocycles. The first-order chi connectivity index (χ1) is 9.85. The molecule has 1 aromatic carbocycles. The molecule has 108 valence electrons. The lowest BCUT2D eigenvalue weighted by Gasteiger charge is -2.11. The molecule has 4 nitrogen and oxygen atoms in total. The summed E-state index contributed by atoms with van der Waals surface area (Å²) in [5, 5.41) is 7.92. The monoisotopic (exact) mass is 272 g/mol. The molecule has 2 aromatic rings. The summed E-state index contributed by atoms with van der Waals surface area (Å²) < 4.78 is 2.30. The van der Waals surface area contributed by atoms with Gasteiger partial charge >= 0.3 is 0 Å². The van der Waals surface area contributed by atoms with E-state index in [0.717, 1.165) is 38.4 Å². The van der Waals surface area contributed by atoms with Crippen molar-refractivity contribution in [1.29, 1.82) is 0 Å². The summed E-state index contributed by atoms with van der Waals surface area (Å²) in [6.45, 7) is 5.06. The average Bonchev–Trinajstić information content (AvgIpc) is 2.90. The molecule has 0 aliphatic carbocycles. The van der Waals surface area contributed by atoms with Gasteiger partial charge in [0.2, 0.25) is 0 Å². The summed E-state index contributed by atoms with van der Waals surface area (Å²) in [6, 6.07) is 10.7. The Balaban J connectivity index is 1.78. The lowest BCUT2D eigenvalue weighted by Crippen LogP contribution is -2.38. The predicted molar refractivity (Wildman–Crippen MR) is 86.2 cm³/mol. The molecule has 20 heavy (non-hydrogen) atoms. The SMILES string of the molecule is CCCNC(=NC)NCCCn1ccc2ccccc21. The quantitative estimate of drug-likeness (QED) is 0.482. The lowest BCUT2D eigenvalue weighted by molar-refractivity contribution is 0.640. The molecule has 1 aromatic heterocycles. The maximum Gasteiger partial charge on any atom is 0.190 e. The van der Waals surface area contributed by atoms with Crippen molar-refractivity contribution in [3.8, 4) is 0 Å². The van der Waals surface area contributed by atoms with Crippen LogP contribution in [0, 0.1) is 0 Å². The number of benzene rings is 1. The fraction of sp³-hybridized carbons (Fsp3) is 0.438. The average molecular weight is 272 g/mol. The first kappa shape index (κ1) is 14.4. The van der Waals surface area contributed by atoms with E-state index in [9.17, 15) is 0 Å². The van der Waals surface area contributed by atoms with Crippen molar-refractivity contribution < 1.29 is 0 Å². The van der Waals surface area contributed by atoms with Crippen LogP contribution < -0.4 is 10.6 Å². The Morgan fingerprint density at radius 1 is 1.15 bits per heavy atom. The van der Waals surface area contributed by atoms with Gasteiger partial charge in [0.15, 0.2) is 5.96 Å². The maximum absolute atomic E-state index is 4.20. The number of nitrogens with one attached hydrogen (secondary N) is 2. The normalized spacial score (nSPS) is 11.8. The largest absolute Gasteiger partial charge is 0.356 e. The minimum absolute atomic E-state index is 0.893. The second-order valence-corrected chi connectivity index (χ2v) is 4.85. The topological polar surface area (TPSA) is 41.4 Å². The van der Waals surface area contributed by atoms with Crippen molar-refractivity contribution in [1.82, 2.24) is 15.2 Å². The molecule has 0 unspecified atom stereocenters. The summed E-state index contributed by atoms with van der Waals surface area (Å²) >= 11 is 0. The van der Waals surface area contributed by atoms with Gasteiger partial charge in [0.05, 0.1) is 0 Å². The highest BCUT2D eigenvalue weighted by Crippen LogP contribution is 2.15. The second-order valence-electron chi connectivity index (χ2n) is 4.85. The van der Waals surface area contributed by atoms with Gasteiger partial charge in [-0.25, -0.2) is 0 Å². The van der Waals surface area contributed by atoms with Crippen LogP contribution in [0.2, 0.25) is 0 Å². The molecule has 0 atom stereocenters. The number of nitrogens with zero attached hydrogens (tertiary/aromatic N) is 2. The highest BCUT2D eigenvalue weighted by molar-refractivity contribution is 5.80. The molecule has 0 spiro atoms. The smallest absolute Gasteiger partial charge is 0.190 e. The molecule has 0 aliphatic rings. The van der Waals surface area contributed by atoms with Crippen LogP contribution in [0.3, 0.4) is 0 Å². The van der Waals surface area contributed by atoms with Crippen molar-refractivity contribution in [3.63, 3.8) is 0 Å². The number of hydrogen-bond donors (Lipinski definition) is 2. The Morgan fingerprint density at radius 2 is 1.95 bits per heavy atom. The molecule has 0 radical (unpaired) electrons. The molecule has 2 rings (SSSR count). The molecular weight excluding hydrogens is 248 g/mol. The van der Waals surface area contributed by atoms with Crippen LogP contribution in [-0.2, 0) is 6.54 Å². The van der Waals surface area contributed by atoms with Gasteiger partial charge < -0.3 is 15.2 Å². The lowest BCUT2D eigenvalue weighted by atomic mass is 10.2. The fourth-order valence-electron chi connectivity index (χ4n) is 2.26. The van der Waals surface area contributed by atoms with Crippen LogP contribution in [0.15, 0.2) is 41.5 Å². The predicted octanol–water partition coefficient (Wildman–Crippen LogP) is 2.61. The van der Waals surface area contributed by atoms with Crippen LogP contribution in [0.25, 0.3) is 10.9 Å². The first-order valence-electron chi connectivity index (χ1n) is 7.33. The van der Waals surface area contributed by atoms with Crippen LogP contribution >= 0.6 is 0 Å². The Hall–Kier alpha value is -1.97. The minimum Gasteiger partial charge on any atom is -0.356 e. The van der Waals surface area contributed by atoms with Crippen molar-refractivity contribution in [3.05, 3.63) is 36.5 Å². The molecule has 0 fully saturated rings. The molecule has 0 bridgehead atoms. The highest BCUT2D eigenvalue weighted by atomic mass is 15.2. The second kappa shape index (κ2) is 7.58. The van der Waals surface area contributed by atoms with Crippen LogP contribution in [0.1, 0.15) is 19.8 Å². The van der Waals surface area contributed by atoms with E-state index in [1.165, 1.54) is 10.9 Å². The van der Waals surface area contributed by atoms with E-state index < -0.39 is 0 Å². The van der Waals surface area contributed by atoms with E-state index in [4.69, 9.17) is 0 Å². The van der Waals surface area contributed by atoms with Gasteiger partial charge in [-0.1, -0.05) is 25.1 Å². The summed E-state index contributed by atoms with van der Waals surface area (Å²) in [7, 11) is 1.81. The first-order valence-corrected chi connectivity index (χ1v) is 7.33. The number of para-hydroxylation sites is 1. The van der Waals surface area contributed by atoms with Crippen molar-refractivity contribution in [2.75, 3.05) is 20.1 Å². The van der Waals surface area contributed by atoms with Gasteiger partial charge in [0.25, 0.3) is 0 Å². The van der Waals surface area contributed by atoms with Gasteiger partial charge in [-0.05, 0) is 30.4 Å². The number of fused-ring (bicyclic) bond motifs is 1. The highest BCUT2D eigenvalue weighted by Gasteiger charge is 2.00. The third-order valence-corrected chi connectivity index (χ3v) is 3.31. The van der Waals surface area contributed by atoms with Crippen LogP contribution in [0.5, 0.6) is 0 Å². The number of guanidine groups is 1.